The molecule has 0 radical (unpaired) electrons. The normalized spacial score (nSPS) is 11.9. The van der Waals surface area contributed by atoms with Crippen molar-refractivity contribution in [2.75, 3.05) is 0 Å². The Morgan fingerprint density at radius 1 is 1.22 bits per heavy atom. The maximum Gasteiger partial charge on any atom is 0.330 e. The summed E-state index contributed by atoms with van der Waals surface area (Å²) in [6.45, 7) is 4.16. The van der Waals surface area contributed by atoms with E-state index in [-0.39, 0.29) is 5.91 Å². The summed E-state index contributed by atoms with van der Waals surface area (Å²) >= 11 is 1.76. The van der Waals surface area contributed by atoms with Crippen molar-refractivity contribution >= 4 is 23.2 Å². The predicted molar refractivity (Wildman–Crippen MR) is 91.7 cm³/mol. The van der Waals surface area contributed by atoms with Crippen LogP contribution >= 0.6 is 11.3 Å². The molecule has 1 amide bonds. The molecular weight excluding hydrogens is 310 g/mol. The van der Waals surface area contributed by atoms with Crippen molar-refractivity contribution in [3.63, 3.8) is 0 Å². The Labute approximate surface area is 140 Å². The summed E-state index contributed by atoms with van der Waals surface area (Å²) in [4.78, 5) is 26.0. The van der Waals surface area contributed by atoms with Crippen molar-refractivity contribution in [2.45, 2.75) is 39.2 Å². The van der Waals surface area contributed by atoms with Gasteiger partial charge in [0.05, 0.1) is 0 Å². The van der Waals surface area contributed by atoms with E-state index in [9.17, 15) is 14.7 Å². The number of amides is 1. The summed E-state index contributed by atoms with van der Waals surface area (Å²) in [6.07, 6.45) is 1.88. The Morgan fingerprint density at radius 2 is 1.91 bits per heavy atom. The van der Waals surface area contributed by atoms with Crippen LogP contribution < -0.4 is 5.32 Å². The van der Waals surface area contributed by atoms with Crippen LogP contribution in [0.4, 0.5) is 0 Å². The van der Waals surface area contributed by atoms with Crippen molar-refractivity contribution in [1.29, 1.82) is 0 Å². The molecule has 0 saturated carbocycles. The van der Waals surface area contributed by atoms with Crippen LogP contribution in [0.2, 0.25) is 0 Å². The van der Waals surface area contributed by atoms with Crippen LogP contribution in [-0.4, -0.2) is 17.0 Å². The highest BCUT2D eigenvalue weighted by molar-refractivity contribution is 7.12. The Hall–Kier alpha value is -2.14. The molecule has 2 N–H and O–H groups in total. The molecule has 1 atom stereocenters. The number of nitrogens with one attached hydrogen (secondary N) is 1. The number of hydrogen-bond acceptors (Lipinski definition) is 3. The molecule has 1 aromatic heterocycles. The zero-order valence-corrected chi connectivity index (χ0v) is 14.2. The lowest BCUT2D eigenvalue weighted by Gasteiger charge is -2.14. The standard InChI is InChI=1S/C18H21NO3S/c1-12-11-15(13(2)23-12)9-6-10-16(20)19-17(18(21)22)14-7-4-3-5-8-14/h3-5,7-8,11,17H,6,9-10H2,1-2H3,(H,19,20)(H,21,22)/t17-/m1/s1. The van der Waals surface area contributed by atoms with E-state index in [0.717, 1.165) is 6.42 Å². The van der Waals surface area contributed by atoms with Crippen LogP contribution in [0.15, 0.2) is 36.4 Å². The number of carboxylic acid groups (broad SMARTS) is 1. The number of aliphatic carboxylic acids is 1. The monoisotopic (exact) mass is 331 g/mol. The van der Waals surface area contributed by atoms with E-state index in [2.05, 4.69) is 25.2 Å². The highest BCUT2D eigenvalue weighted by atomic mass is 32.1. The van der Waals surface area contributed by atoms with E-state index in [1.54, 1.807) is 35.6 Å². The van der Waals surface area contributed by atoms with Gasteiger partial charge in [0.15, 0.2) is 6.04 Å². The summed E-state index contributed by atoms with van der Waals surface area (Å²) < 4.78 is 0. The van der Waals surface area contributed by atoms with Crippen molar-refractivity contribution in [3.8, 4) is 0 Å². The first kappa shape index (κ1) is 17.2. The smallest absolute Gasteiger partial charge is 0.330 e. The Kier molecular flexibility index (Phi) is 5.93. The van der Waals surface area contributed by atoms with Gasteiger partial charge in [-0.15, -0.1) is 11.3 Å². The molecule has 4 nitrogen and oxygen atoms in total. The van der Waals surface area contributed by atoms with Crippen molar-refractivity contribution in [3.05, 3.63) is 57.3 Å². The number of thiophene rings is 1. The first-order valence-corrected chi connectivity index (χ1v) is 8.42. The molecule has 122 valence electrons. The van der Waals surface area contributed by atoms with Crippen molar-refractivity contribution < 1.29 is 14.7 Å². The lowest BCUT2D eigenvalue weighted by atomic mass is 10.1. The van der Waals surface area contributed by atoms with Crippen molar-refractivity contribution in [2.24, 2.45) is 0 Å². The molecule has 0 bridgehead atoms. The molecule has 2 rings (SSSR count). The predicted octanol–water partition coefficient (Wildman–Crippen LogP) is 3.63. The van der Waals surface area contributed by atoms with Gasteiger partial charge in [-0.25, -0.2) is 4.79 Å². The van der Waals surface area contributed by atoms with Crippen LogP contribution in [0.3, 0.4) is 0 Å². The van der Waals surface area contributed by atoms with E-state index in [1.807, 2.05) is 6.07 Å². The second kappa shape index (κ2) is 7.92. The second-order valence-corrected chi connectivity index (χ2v) is 7.00. The van der Waals surface area contributed by atoms with Gasteiger partial charge >= 0.3 is 5.97 Å². The Morgan fingerprint density at radius 3 is 2.48 bits per heavy atom. The van der Waals surface area contributed by atoms with Gasteiger partial charge in [0.25, 0.3) is 0 Å². The first-order chi connectivity index (χ1) is 11.0. The van der Waals surface area contributed by atoms with Gasteiger partial charge in [0.1, 0.15) is 0 Å². The van der Waals surface area contributed by atoms with Gasteiger partial charge in [0, 0.05) is 16.2 Å². The molecule has 23 heavy (non-hydrogen) atoms. The minimum atomic E-state index is -1.05. The molecular formula is C18H21NO3S. The Bertz CT molecular complexity index is 679. The van der Waals surface area contributed by atoms with Crippen LogP contribution in [-0.2, 0) is 16.0 Å². The summed E-state index contributed by atoms with van der Waals surface area (Å²) in [5, 5.41) is 11.9. The van der Waals surface area contributed by atoms with Gasteiger partial charge in [0.2, 0.25) is 5.91 Å². The fourth-order valence-corrected chi connectivity index (χ4v) is 3.51. The second-order valence-electron chi connectivity index (χ2n) is 5.54. The maximum absolute atomic E-state index is 12.0. The minimum Gasteiger partial charge on any atom is -0.479 e. The molecule has 1 aromatic carbocycles. The van der Waals surface area contributed by atoms with Gasteiger partial charge in [-0.3, -0.25) is 4.79 Å². The molecule has 0 unspecified atom stereocenters. The molecule has 0 saturated heterocycles. The molecule has 0 fully saturated rings. The summed E-state index contributed by atoms with van der Waals surface area (Å²) in [5.74, 6) is -1.28. The van der Waals surface area contributed by atoms with Crippen LogP contribution in [0.5, 0.6) is 0 Å². The number of aryl methyl sites for hydroxylation is 3. The molecule has 0 spiro atoms. The third-order valence-electron chi connectivity index (χ3n) is 3.68. The summed E-state index contributed by atoms with van der Waals surface area (Å²) in [7, 11) is 0. The Balaban J connectivity index is 1.87. The zero-order chi connectivity index (χ0) is 16.8. The highest BCUT2D eigenvalue weighted by Crippen LogP contribution is 2.22. The van der Waals surface area contributed by atoms with Crippen LogP contribution in [0, 0.1) is 13.8 Å². The molecule has 2 aromatic rings. The molecule has 5 heteroatoms. The average Bonchev–Trinajstić information content (AvgIpc) is 2.83. The lowest BCUT2D eigenvalue weighted by molar-refractivity contribution is -0.142. The van der Waals surface area contributed by atoms with Crippen molar-refractivity contribution in [1.82, 2.24) is 5.32 Å². The molecule has 0 aliphatic rings. The topological polar surface area (TPSA) is 66.4 Å². The third-order valence-corrected chi connectivity index (χ3v) is 4.69. The average molecular weight is 331 g/mol. The van der Waals surface area contributed by atoms with E-state index >= 15 is 0 Å². The fraction of sp³-hybridized carbons (Fsp3) is 0.333. The number of carbonyl (C=O) groups is 2. The van der Waals surface area contributed by atoms with Gasteiger partial charge in [-0.2, -0.15) is 0 Å². The minimum absolute atomic E-state index is 0.231. The van der Waals surface area contributed by atoms with Crippen LogP contribution in [0.1, 0.15) is 39.8 Å². The summed E-state index contributed by atoms with van der Waals surface area (Å²) in [5.41, 5.74) is 1.86. The third kappa shape index (κ3) is 4.93. The quantitative estimate of drug-likeness (QED) is 0.814. The zero-order valence-electron chi connectivity index (χ0n) is 13.3. The maximum atomic E-state index is 12.0. The first-order valence-electron chi connectivity index (χ1n) is 7.60. The SMILES string of the molecule is Cc1cc(CCCC(=O)N[C@@H](C(=O)O)c2ccccc2)c(C)s1. The lowest BCUT2D eigenvalue weighted by Crippen LogP contribution is -2.33. The highest BCUT2D eigenvalue weighted by Gasteiger charge is 2.21. The van der Waals surface area contributed by atoms with Gasteiger partial charge < -0.3 is 10.4 Å². The summed E-state index contributed by atoms with van der Waals surface area (Å²) in [6, 6.07) is 9.91. The number of rotatable bonds is 7. The van der Waals surface area contributed by atoms with E-state index in [4.69, 9.17) is 0 Å². The largest absolute Gasteiger partial charge is 0.479 e. The molecule has 0 aliphatic heterocycles. The molecule has 1 heterocycles. The number of carboxylic acids is 1. The number of benzene rings is 1. The van der Waals surface area contributed by atoms with Gasteiger partial charge in [-0.05, 0) is 43.9 Å². The van der Waals surface area contributed by atoms with Gasteiger partial charge in [-0.1, -0.05) is 30.3 Å². The number of carbonyl (C=O) groups excluding carboxylic acids is 1. The van der Waals surface area contributed by atoms with E-state index in [0.29, 0.717) is 18.4 Å². The fourth-order valence-electron chi connectivity index (χ4n) is 2.54. The molecule has 0 aliphatic carbocycles. The van der Waals surface area contributed by atoms with E-state index < -0.39 is 12.0 Å². The van der Waals surface area contributed by atoms with Crippen LogP contribution in [0.25, 0.3) is 0 Å². The van der Waals surface area contributed by atoms with E-state index in [1.165, 1.54) is 15.3 Å². The number of hydrogen-bond donors (Lipinski definition) is 2.